The monoisotopic (exact) mass is 327 g/mol. The molecule has 1 aromatic rings. The molecule has 1 heterocycles. The molecule has 0 aliphatic heterocycles. The number of aromatic amines is 1. The number of hydrogen-bond acceptors (Lipinski definition) is 3. The van der Waals surface area contributed by atoms with Gasteiger partial charge in [0.2, 0.25) is 5.91 Å². The number of nitrogens with one attached hydrogen (secondary N) is 2. The Morgan fingerprint density at radius 2 is 1.88 bits per heavy atom. The SMILES string of the molecule is CC1=C(C)CC(C(=O)Nc2[nH]c3c(c2C#N)CCC3)C(C(=O)O)C1. The van der Waals surface area contributed by atoms with Crippen LogP contribution in [-0.4, -0.2) is 22.0 Å². The van der Waals surface area contributed by atoms with Crippen molar-refractivity contribution in [3.8, 4) is 6.07 Å². The number of hydrogen-bond donors (Lipinski definition) is 3. The molecule has 2 unspecified atom stereocenters. The molecule has 0 aromatic carbocycles. The van der Waals surface area contributed by atoms with Crippen LogP contribution >= 0.6 is 0 Å². The fourth-order valence-electron chi connectivity index (χ4n) is 3.78. The summed E-state index contributed by atoms with van der Waals surface area (Å²) in [6.07, 6.45) is 3.56. The number of carboxylic acids is 1. The van der Waals surface area contributed by atoms with Gasteiger partial charge in [-0.05, 0) is 51.5 Å². The molecule has 6 nitrogen and oxygen atoms in total. The molecule has 0 saturated carbocycles. The number of carbonyl (C=O) groups excluding carboxylic acids is 1. The number of H-pyrrole nitrogens is 1. The smallest absolute Gasteiger partial charge is 0.307 e. The van der Waals surface area contributed by atoms with Crippen molar-refractivity contribution in [1.29, 1.82) is 5.26 Å². The molecule has 2 aliphatic carbocycles. The molecule has 24 heavy (non-hydrogen) atoms. The third-order valence-corrected chi connectivity index (χ3v) is 5.33. The van der Waals surface area contributed by atoms with E-state index in [1.54, 1.807) is 0 Å². The summed E-state index contributed by atoms with van der Waals surface area (Å²) in [7, 11) is 0. The third kappa shape index (κ3) is 2.71. The molecule has 1 aromatic heterocycles. The number of aryl methyl sites for hydroxylation is 1. The van der Waals surface area contributed by atoms with Crippen LogP contribution < -0.4 is 5.32 Å². The number of anilines is 1. The molecular formula is C18H21N3O3. The number of carboxylic acid groups (broad SMARTS) is 1. The zero-order valence-electron chi connectivity index (χ0n) is 13.9. The van der Waals surface area contributed by atoms with Crippen molar-refractivity contribution in [3.05, 3.63) is 28.0 Å². The number of aliphatic carboxylic acids is 1. The first-order valence-corrected chi connectivity index (χ1v) is 8.25. The molecule has 0 radical (unpaired) electrons. The molecular weight excluding hydrogens is 306 g/mol. The van der Waals surface area contributed by atoms with Crippen LogP contribution in [0.4, 0.5) is 5.82 Å². The summed E-state index contributed by atoms with van der Waals surface area (Å²) in [6.45, 7) is 3.86. The van der Waals surface area contributed by atoms with Crippen LogP contribution in [0.2, 0.25) is 0 Å². The lowest BCUT2D eigenvalue weighted by Gasteiger charge is -2.29. The summed E-state index contributed by atoms with van der Waals surface area (Å²) in [6, 6.07) is 2.16. The molecule has 2 aliphatic rings. The van der Waals surface area contributed by atoms with E-state index >= 15 is 0 Å². The van der Waals surface area contributed by atoms with Crippen LogP contribution in [0.3, 0.4) is 0 Å². The minimum atomic E-state index is -0.948. The maximum atomic E-state index is 12.7. The molecule has 3 N–H and O–H groups in total. The Bertz CT molecular complexity index is 782. The highest BCUT2D eigenvalue weighted by Crippen LogP contribution is 2.36. The maximum Gasteiger partial charge on any atom is 0.307 e. The maximum absolute atomic E-state index is 12.7. The lowest BCUT2D eigenvalue weighted by molar-refractivity contribution is -0.146. The number of fused-ring (bicyclic) bond motifs is 1. The number of allylic oxidation sites excluding steroid dienone is 2. The van der Waals surface area contributed by atoms with Gasteiger partial charge < -0.3 is 15.4 Å². The number of carbonyl (C=O) groups is 2. The van der Waals surface area contributed by atoms with Crippen molar-refractivity contribution in [1.82, 2.24) is 4.98 Å². The van der Waals surface area contributed by atoms with Gasteiger partial charge in [0, 0.05) is 5.69 Å². The molecule has 0 bridgehead atoms. The Kier molecular flexibility index (Phi) is 4.18. The molecule has 3 rings (SSSR count). The van der Waals surface area contributed by atoms with Crippen molar-refractivity contribution in [2.24, 2.45) is 11.8 Å². The van der Waals surface area contributed by atoms with Crippen molar-refractivity contribution < 1.29 is 14.7 Å². The van der Waals surface area contributed by atoms with Crippen molar-refractivity contribution in [2.45, 2.75) is 46.0 Å². The molecule has 126 valence electrons. The van der Waals surface area contributed by atoms with Gasteiger partial charge in [-0.1, -0.05) is 11.1 Å². The van der Waals surface area contributed by atoms with Gasteiger partial charge in [-0.25, -0.2) is 0 Å². The number of aromatic nitrogens is 1. The highest BCUT2D eigenvalue weighted by Gasteiger charge is 2.38. The quantitative estimate of drug-likeness (QED) is 0.742. The van der Waals surface area contributed by atoms with Crippen LogP contribution in [0.1, 0.15) is 49.9 Å². The lowest BCUT2D eigenvalue weighted by Crippen LogP contribution is -2.36. The normalized spacial score (nSPS) is 22.9. The molecule has 6 heteroatoms. The van der Waals surface area contributed by atoms with E-state index < -0.39 is 17.8 Å². The van der Waals surface area contributed by atoms with E-state index in [0.717, 1.165) is 41.7 Å². The van der Waals surface area contributed by atoms with Gasteiger partial charge in [-0.3, -0.25) is 9.59 Å². The van der Waals surface area contributed by atoms with Crippen LogP contribution in [-0.2, 0) is 22.4 Å². The largest absolute Gasteiger partial charge is 0.481 e. The Hall–Kier alpha value is -2.55. The van der Waals surface area contributed by atoms with Gasteiger partial charge in [-0.15, -0.1) is 0 Å². The first-order chi connectivity index (χ1) is 11.4. The fourth-order valence-corrected chi connectivity index (χ4v) is 3.78. The van der Waals surface area contributed by atoms with E-state index in [2.05, 4.69) is 16.4 Å². The first kappa shape index (κ1) is 16.3. The zero-order chi connectivity index (χ0) is 17.4. The number of rotatable bonds is 3. The molecule has 0 saturated heterocycles. The second-order valence-electron chi connectivity index (χ2n) is 6.81. The second kappa shape index (κ2) is 6.16. The lowest BCUT2D eigenvalue weighted by atomic mass is 9.76. The number of amides is 1. The Morgan fingerprint density at radius 3 is 2.50 bits per heavy atom. The first-order valence-electron chi connectivity index (χ1n) is 8.25. The van der Waals surface area contributed by atoms with E-state index in [0.29, 0.717) is 24.2 Å². The molecule has 2 atom stereocenters. The van der Waals surface area contributed by atoms with E-state index in [-0.39, 0.29) is 5.91 Å². The zero-order valence-corrected chi connectivity index (χ0v) is 13.9. The Labute approximate surface area is 140 Å². The minimum absolute atomic E-state index is 0.328. The van der Waals surface area contributed by atoms with Gasteiger partial charge in [0.05, 0.1) is 17.4 Å². The van der Waals surface area contributed by atoms with Crippen LogP contribution in [0.5, 0.6) is 0 Å². The summed E-state index contributed by atoms with van der Waals surface area (Å²) >= 11 is 0. The standard InChI is InChI=1S/C18H21N3O3/c1-9-6-12(13(18(23)24)7-10(9)2)17(22)21-16-14(8-19)11-4-3-5-15(11)20-16/h12-13,20H,3-7H2,1-2H3,(H,21,22)(H,23,24). The van der Waals surface area contributed by atoms with Gasteiger partial charge in [0.15, 0.2) is 0 Å². The predicted molar refractivity (Wildman–Crippen MR) is 88.4 cm³/mol. The summed E-state index contributed by atoms with van der Waals surface area (Å²) in [5.74, 6) is -2.20. The summed E-state index contributed by atoms with van der Waals surface area (Å²) in [4.78, 5) is 27.4. The van der Waals surface area contributed by atoms with Crippen LogP contribution in [0.15, 0.2) is 11.1 Å². The fraction of sp³-hybridized carbons (Fsp3) is 0.500. The highest BCUT2D eigenvalue weighted by atomic mass is 16.4. The van der Waals surface area contributed by atoms with E-state index in [9.17, 15) is 20.0 Å². The average Bonchev–Trinajstić information content (AvgIpc) is 3.09. The van der Waals surface area contributed by atoms with E-state index in [1.165, 1.54) is 0 Å². The molecule has 1 amide bonds. The summed E-state index contributed by atoms with van der Waals surface area (Å²) in [5, 5.41) is 21.6. The van der Waals surface area contributed by atoms with Crippen LogP contribution in [0.25, 0.3) is 0 Å². The van der Waals surface area contributed by atoms with Crippen molar-refractivity contribution in [3.63, 3.8) is 0 Å². The number of nitrogens with zero attached hydrogens (tertiary/aromatic N) is 1. The van der Waals surface area contributed by atoms with Gasteiger partial charge in [-0.2, -0.15) is 5.26 Å². The van der Waals surface area contributed by atoms with Crippen molar-refractivity contribution >= 4 is 17.7 Å². The van der Waals surface area contributed by atoms with Crippen molar-refractivity contribution in [2.75, 3.05) is 5.32 Å². The average molecular weight is 327 g/mol. The molecule has 0 fully saturated rings. The highest BCUT2D eigenvalue weighted by molar-refractivity contribution is 5.96. The Morgan fingerprint density at radius 1 is 1.21 bits per heavy atom. The third-order valence-electron chi connectivity index (χ3n) is 5.33. The van der Waals surface area contributed by atoms with E-state index in [4.69, 9.17) is 0 Å². The topological polar surface area (TPSA) is 106 Å². The van der Waals surface area contributed by atoms with Gasteiger partial charge >= 0.3 is 5.97 Å². The second-order valence-corrected chi connectivity index (χ2v) is 6.81. The summed E-state index contributed by atoms with van der Waals surface area (Å²) in [5.41, 5.74) is 4.59. The van der Waals surface area contributed by atoms with Gasteiger partial charge in [0.1, 0.15) is 11.9 Å². The minimum Gasteiger partial charge on any atom is -0.481 e. The van der Waals surface area contributed by atoms with E-state index in [1.807, 2.05) is 13.8 Å². The van der Waals surface area contributed by atoms with Crippen LogP contribution in [0, 0.1) is 23.2 Å². The van der Waals surface area contributed by atoms with Gasteiger partial charge in [0.25, 0.3) is 0 Å². The Balaban J connectivity index is 1.85. The predicted octanol–water partition coefficient (Wildman–Crippen LogP) is 2.76. The molecule has 0 spiro atoms. The number of nitriles is 1. The summed E-state index contributed by atoms with van der Waals surface area (Å²) < 4.78 is 0.